The number of imidazole rings is 1. The van der Waals surface area contributed by atoms with Gasteiger partial charge in [-0.1, -0.05) is 0 Å². The van der Waals surface area contributed by atoms with Gasteiger partial charge in [0.1, 0.15) is 5.82 Å². The van der Waals surface area contributed by atoms with Crippen molar-refractivity contribution in [1.29, 1.82) is 0 Å². The lowest BCUT2D eigenvalue weighted by molar-refractivity contribution is 0.198. The highest BCUT2D eigenvalue weighted by atomic mass is 32.2. The summed E-state index contributed by atoms with van der Waals surface area (Å²) in [6, 6.07) is 1.97. The molecule has 3 heterocycles. The molecule has 3 rings (SSSR count). The Kier molecular flexibility index (Phi) is 4.50. The molecule has 0 saturated heterocycles. The Morgan fingerprint density at radius 1 is 1.29 bits per heavy atom. The average Bonchev–Trinajstić information content (AvgIpc) is 3.01. The van der Waals surface area contributed by atoms with E-state index in [0.29, 0.717) is 0 Å². The summed E-state index contributed by atoms with van der Waals surface area (Å²) in [6.07, 6.45) is 1.15. The van der Waals surface area contributed by atoms with Gasteiger partial charge in [0.25, 0.3) is 0 Å². The van der Waals surface area contributed by atoms with E-state index in [1.807, 2.05) is 24.7 Å². The van der Waals surface area contributed by atoms with Gasteiger partial charge in [0.15, 0.2) is 0 Å². The van der Waals surface area contributed by atoms with Crippen molar-refractivity contribution in [3.8, 4) is 0 Å². The van der Waals surface area contributed by atoms with Crippen molar-refractivity contribution in [2.45, 2.75) is 40.0 Å². The number of hydrogen-bond donors (Lipinski definition) is 1. The van der Waals surface area contributed by atoms with Crippen molar-refractivity contribution < 1.29 is 8.42 Å². The van der Waals surface area contributed by atoms with Gasteiger partial charge in [0, 0.05) is 25.8 Å². The van der Waals surface area contributed by atoms with Crippen LogP contribution in [0.4, 0.5) is 0 Å². The Morgan fingerprint density at radius 3 is 2.67 bits per heavy atom. The van der Waals surface area contributed by atoms with Crippen LogP contribution in [-0.4, -0.2) is 45.4 Å². The topological polar surface area (TPSA) is 85.1 Å². The van der Waals surface area contributed by atoms with Crippen molar-refractivity contribution in [3.05, 3.63) is 34.7 Å². The molecule has 2 aromatic heterocycles. The smallest absolute Gasteiger partial charge is 0.209 e. The third kappa shape index (κ3) is 3.68. The Balaban J connectivity index is 1.68. The second-order valence-electron chi connectivity index (χ2n) is 6.41. The summed E-state index contributed by atoms with van der Waals surface area (Å²) in [5.74, 6) is 1.07. The van der Waals surface area contributed by atoms with Gasteiger partial charge in [-0.2, -0.15) is 5.10 Å². The predicted octanol–water partition coefficient (Wildman–Crippen LogP) is 0.298. The lowest BCUT2D eigenvalue weighted by Gasteiger charge is -2.27. The monoisotopic (exact) mass is 352 g/mol. The van der Waals surface area contributed by atoms with E-state index < -0.39 is 10.0 Å². The Morgan fingerprint density at radius 2 is 2.04 bits per heavy atom. The van der Waals surface area contributed by atoms with E-state index in [1.165, 1.54) is 5.69 Å². The molecule has 0 atom stereocenters. The Bertz CT molecular complexity index is 852. The van der Waals surface area contributed by atoms with Crippen molar-refractivity contribution >= 4 is 10.0 Å². The van der Waals surface area contributed by atoms with Crippen molar-refractivity contribution in [2.75, 3.05) is 12.8 Å². The van der Waals surface area contributed by atoms with E-state index in [1.54, 1.807) is 0 Å². The fourth-order valence-electron chi connectivity index (χ4n) is 2.93. The molecule has 0 saturated carbocycles. The quantitative estimate of drug-likeness (QED) is 0.836. The summed E-state index contributed by atoms with van der Waals surface area (Å²) >= 11 is 0. The third-order valence-corrected chi connectivity index (χ3v) is 5.19. The van der Waals surface area contributed by atoms with Crippen molar-refractivity contribution in [3.63, 3.8) is 0 Å². The first-order chi connectivity index (χ1) is 11.2. The number of nitrogens with one attached hydrogen (secondary N) is 1. The number of hydrogen-bond acceptors (Lipinski definition) is 5. The number of sulfonamides is 1. The molecule has 132 valence electrons. The number of nitrogens with zero attached hydrogens (tertiary/aromatic N) is 5. The normalized spacial score (nSPS) is 15.7. The molecule has 8 nitrogen and oxygen atoms in total. The minimum Gasteiger partial charge on any atom is -0.334 e. The summed E-state index contributed by atoms with van der Waals surface area (Å²) in [5, 5.41) is 4.47. The van der Waals surface area contributed by atoms with E-state index >= 15 is 0 Å². The first kappa shape index (κ1) is 17.1. The molecule has 1 aliphatic rings. The molecule has 0 radical (unpaired) electrons. The number of aryl methyl sites for hydroxylation is 1. The Labute approximate surface area is 142 Å². The van der Waals surface area contributed by atoms with Crippen molar-refractivity contribution in [1.82, 2.24) is 29.0 Å². The third-order valence-electron chi connectivity index (χ3n) is 4.52. The van der Waals surface area contributed by atoms with Gasteiger partial charge < -0.3 is 4.57 Å². The zero-order valence-corrected chi connectivity index (χ0v) is 15.4. The highest BCUT2D eigenvalue weighted by molar-refractivity contribution is 7.88. The summed E-state index contributed by atoms with van der Waals surface area (Å²) in [7, 11) is -1.15. The standard InChI is InChI=1S/C15H24N6O2S/c1-11-12(2)19(3)15(17-11)10-20-5-6-21-14(9-20)7-13(18-21)8-16-24(4,22)23/h7,16H,5-6,8-10H2,1-4H3. The van der Waals surface area contributed by atoms with Gasteiger partial charge in [0.05, 0.1) is 43.0 Å². The lowest BCUT2D eigenvalue weighted by atomic mass is 10.2. The van der Waals surface area contributed by atoms with Gasteiger partial charge in [-0.15, -0.1) is 0 Å². The number of fused-ring (bicyclic) bond motifs is 1. The zero-order valence-electron chi connectivity index (χ0n) is 14.6. The molecule has 0 aromatic carbocycles. The van der Waals surface area contributed by atoms with E-state index in [-0.39, 0.29) is 6.54 Å². The lowest BCUT2D eigenvalue weighted by Crippen LogP contribution is -2.34. The maximum Gasteiger partial charge on any atom is 0.209 e. The summed E-state index contributed by atoms with van der Waals surface area (Å²) < 4.78 is 29.0. The van der Waals surface area contributed by atoms with Crippen LogP contribution in [-0.2, 0) is 43.2 Å². The molecule has 24 heavy (non-hydrogen) atoms. The highest BCUT2D eigenvalue weighted by Crippen LogP contribution is 2.17. The highest BCUT2D eigenvalue weighted by Gasteiger charge is 2.20. The van der Waals surface area contributed by atoms with Gasteiger partial charge in [-0.25, -0.2) is 18.1 Å². The SMILES string of the molecule is Cc1nc(CN2CCn3nc(CNS(C)(=O)=O)cc3C2)n(C)c1C. The van der Waals surface area contributed by atoms with Crippen LogP contribution in [0.15, 0.2) is 6.07 Å². The van der Waals surface area contributed by atoms with E-state index in [2.05, 4.69) is 31.2 Å². The number of rotatable bonds is 5. The van der Waals surface area contributed by atoms with Crippen LogP contribution < -0.4 is 4.72 Å². The van der Waals surface area contributed by atoms with Crippen LogP contribution in [0.2, 0.25) is 0 Å². The maximum absolute atomic E-state index is 11.2. The van der Waals surface area contributed by atoms with Crippen LogP contribution in [0.1, 0.15) is 28.6 Å². The molecule has 1 aliphatic heterocycles. The molecule has 0 aliphatic carbocycles. The number of aromatic nitrogens is 4. The van der Waals surface area contributed by atoms with E-state index in [4.69, 9.17) is 0 Å². The largest absolute Gasteiger partial charge is 0.334 e. The van der Waals surface area contributed by atoms with Crippen LogP contribution >= 0.6 is 0 Å². The second-order valence-corrected chi connectivity index (χ2v) is 8.24. The molecule has 9 heteroatoms. The van der Waals surface area contributed by atoms with Crippen LogP contribution in [0.3, 0.4) is 0 Å². The molecule has 0 unspecified atom stereocenters. The van der Waals surface area contributed by atoms with Crippen LogP contribution in [0, 0.1) is 13.8 Å². The molecule has 2 aromatic rings. The second kappa shape index (κ2) is 6.30. The molecule has 0 fully saturated rings. The van der Waals surface area contributed by atoms with Crippen LogP contribution in [0.5, 0.6) is 0 Å². The predicted molar refractivity (Wildman–Crippen MR) is 90.7 cm³/mol. The van der Waals surface area contributed by atoms with E-state index in [0.717, 1.165) is 55.3 Å². The molecule has 0 bridgehead atoms. The molecular weight excluding hydrogens is 328 g/mol. The zero-order chi connectivity index (χ0) is 17.5. The minimum absolute atomic E-state index is 0.233. The van der Waals surface area contributed by atoms with Gasteiger partial charge in [-0.3, -0.25) is 9.58 Å². The van der Waals surface area contributed by atoms with Gasteiger partial charge in [0.2, 0.25) is 10.0 Å². The van der Waals surface area contributed by atoms with E-state index in [9.17, 15) is 8.42 Å². The van der Waals surface area contributed by atoms with Crippen molar-refractivity contribution in [2.24, 2.45) is 7.05 Å². The summed E-state index contributed by atoms with van der Waals surface area (Å²) in [5.41, 5.74) is 4.13. The summed E-state index contributed by atoms with van der Waals surface area (Å²) in [4.78, 5) is 6.98. The fourth-order valence-corrected chi connectivity index (χ4v) is 3.34. The summed E-state index contributed by atoms with van der Waals surface area (Å²) in [6.45, 7) is 7.64. The maximum atomic E-state index is 11.2. The van der Waals surface area contributed by atoms with Crippen LogP contribution in [0.25, 0.3) is 0 Å². The molecular formula is C15H24N6O2S. The first-order valence-corrected chi connectivity index (χ1v) is 9.83. The molecule has 0 spiro atoms. The average molecular weight is 352 g/mol. The van der Waals surface area contributed by atoms with Gasteiger partial charge >= 0.3 is 0 Å². The first-order valence-electron chi connectivity index (χ1n) is 7.94. The fraction of sp³-hybridized carbons (Fsp3) is 0.600. The van der Waals surface area contributed by atoms with Gasteiger partial charge in [-0.05, 0) is 19.9 Å². The minimum atomic E-state index is -3.20. The Hall–Kier alpha value is -1.71. The molecule has 1 N–H and O–H groups in total. The molecule has 0 amide bonds.